The molecule has 0 bridgehead atoms. The number of aromatic amines is 1. The summed E-state index contributed by atoms with van der Waals surface area (Å²) in [5, 5.41) is 22.5. The first-order chi connectivity index (χ1) is 11.3. The Morgan fingerprint density at radius 2 is 1.87 bits per heavy atom. The Hall–Kier alpha value is -2.90. The van der Waals surface area contributed by atoms with Gasteiger partial charge in [-0.1, -0.05) is 42.1 Å². The zero-order valence-corrected chi connectivity index (χ0v) is 12.9. The van der Waals surface area contributed by atoms with E-state index in [0.717, 1.165) is 31.5 Å². The predicted octanol–water partition coefficient (Wildman–Crippen LogP) is 5.05. The third-order valence-electron chi connectivity index (χ3n) is 3.84. The van der Waals surface area contributed by atoms with Crippen molar-refractivity contribution in [2.24, 2.45) is 0 Å². The number of fused-ring (bicyclic) bond motifs is 2. The van der Waals surface area contributed by atoms with E-state index >= 15 is 0 Å². The minimum Gasteiger partial charge on any atom is -0.507 e. The zero-order chi connectivity index (χ0) is 15.8. The van der Waals surface area contributed by atoms with Crippen LogP contribution in [-0.4, -0.2) is 10.1 Å². The SMILES string of the molecule is N#Cc1ccc2[nH]cc(Sc3c(O)ccc4ccccc34)c2c1. The maximum atomic E-state index is 10.3. The minimum absolute atomic E-state index is 0.263. The second-order valence-corrected chi connectivity index (χ2v) is 6.31. The Balaban J connectivity index is 1.89. The molecule has 0 spiro atoms. The summed E-state index contributed by atoms with van der Waals surface area (Å²) in [6, 6.07) is 19.4. The van der Waals surface area contributed by atoms with Crippen LogP contribution >= 0.6 is 11.8 Å². The number of H-pyrrole nitrogens is 1. The molecule has 1 heterocycles. The van der Waals surface area contributed by atoms with Crippen molar-refractivity contribution in [2.45, 2.75) is 9.79 Å². The molecule has 0 fully saturated rings. The fraction of sp³-hybridized carbons (Fsp3) is 0. The number of hydrogen-bond donors (Lipinski definition) is 2. The summed E-state index contributed by atoms with van der Waals surface area (Å²) in [7, 11) is 0. The summed E-state index contributed by atoms with van der Waals surface area (Å²) in [5.41, 5.74) is 1.60. The van der Waals surface area contributed by atoms with Crippen LogP contribution in [0.4, 0.5) is 0 Å². The van der Waals surface area contributed by atoms with Gasteiger partial charge < -0.3 is 10.1 Å². The number of benzene rings is 3. The van der Waals surface area contributed by atoms with Crippen LogP contribution in [0.25, 0.3) is 21.7 Å². The predicted molar refractivity (Wildman–Crippen MR) is 92.7 cm³/mol. The van der Waals surface area contributed by atoms with E-state index in [4.69, 9.17) is 5.26 Å². The van der Waals surface area contributed by atoms with Gasteiger partial charge in [-0.2, -0.15) is 5.26 Å². The lowest BCUT2D eigenvalue weighted by Crippen LogP contribution is -1.80. The third kappa shape index (κ3) is 2.32. The average molecular weight is 316 g/mol. The lowest BCUT2D eigenvalue weighted by molar-refractivity contribution is 0.464. The molecule has 3 nitrogen and oxygen atoms in total. The molecule has 0 saturated carbocycles. The van der Waals surface area contributed by atoms with E-state index in [9.17, 15) is 5.11 Å². The van der Waals surface area contributed by atoms with Crippen molar-refractivity contribution in [3.63, 3.8) is 0 Å². The first-order valence-corrected chi connectivity index (χ1v) is 7.98. The molecule has 0 unspecified atom stereocenters. The highest BCUT2D eigenvalue weighted by Crippen LogP contribution is 2.42. The van der Waals surface area contributed by atoms with Crippen molar-refractivity contribution in [1.82, 2.24) is 4.98 Å². The standard InChI is InChI=1S/C19H12N2OS/c20-10-12-5-7-16-15(9-12)18(11-21-16)23-19-14-4-2-1-3-13(14)6-8-17(19)22/h1-9,11,21-22H. The number of aromatic hydroxyl groups is 1. The second-order valence-electron chi connectivity index (χ2n) is 5.26. The van der Waals surface area contributed by atoms with Crippen molar-refractivity contribution in [3.05, 3.63) is 66.4 Å². The summed E-state index contributed by atoms with van der Waals surface area (Å²) in [6.07, 6.45) is 1.91. The summed E-state index contributed by atoms with van der Waals surface area (Å²) >= 11 is 1.51. The van der Waals surface area contributed by atoms with E-state index in [1.165, 1.54) is 11.8 Å². The van der Waals surface area contributed by atoms with Gasteiger partial charge in [0.25, 0.3) is 0 Å². The molecule has 2 N–H and O–H groups in total. The molecule has 4 rings (SSSR count). The number of hydrogen-bond acceptors (Lipinski definition) is 3. The molecule has 0 atom stereocenters. The Labute approximate surface area is 137 Å². The van der Waals surface area contributed by atoms with E-state index in [-0.39, 0.29) is 5.75 Å². The fourth-order valence-electron chi connectivity index (χ4n) is 2.70. The molecule has 0 aliphatic heterocycles. The summed E-state index contributed by atoms with van der Waals surface area (Å²) < 4.78 is 0. The van der Waals surface area contributed by atoms with Gasteiger partial charge in [-0.25, -0.2) is 0 Å². The number of nitrogens with one attached hydrogen (secondary N) is 1. The molecule has 4 heteroatoms. The van der Waals surface area contributed by atoms with E-state index in [2.05, 4.69) is 11.1 Å². The molecule has 0 amide bonds. The number of nitrogens with zero attached hydrogens (tertiary/aromatic N) is 1. The fourth-order valence-corrected chi connectivity index (χ4v) is 3.78. The first-order valence-electron chi connectivity index (χ1n) is 7.16. The number of phenolic OH excluding ortho intramolecular Hbond substituents is 1. The highest BCUT2D eigenvalue weighted by Gasteiger charge is 2.12. The van der Waals surface area contributed by atoms with Gasteiger partial charge in [0, 0.05) is 22.0 Å². The van der Waals surface area contributed by atoms with Crippen molar-refractivity contribution >= 4 is 33.4 Å². The molecule has 23 heavy (non-hydrogen) atoms. The highest BCUT2D eigenvalue weighted by molar-refractivity contribution is 8.00. The number of rotatable bonds is 2. The topological polar surface area (TPSA) is 59.8 Å². The summed E-state index contributed by atoms with van der Waals surface area (Å²) in [6.45, 7) is 0. The quantitative estimate of drug-likeness (QED) is 0.544. The third-order valence-corrected chi connectivity index (χ3v) is 5.03. The van der Waals surface area contributed by atoms with Gasteiger partial charge in [-0.15, -0.1) is 0 Å². The summed E-state index contributed by atoms with van der Waals surface area (Å²) in [4.78, 5) is 5.03. The number of phenols is 1. The molecule has 0 radical (unpaired) electrons. The van der Waals surface area contributed by atoms with Crippen molar-refractivity contribution < 1.29 is 5.11 Å². The van der Waals surface area contributed by atoms with Crippen LogP contribution in [0.2, 0.25) is 0 Å². The number of aromatic nitrogens is 1. The molecule has 0 saturated heterocycles. The van der Waals surface area contributed by atoms with Crippen molar-refractivity contribution in [3.8, 4) is 11.8 Å². The van der Waals surface area contributed by atoms with Crippen LogP contribution in [0, 0.1) is 11.3 Å². The molecule has 0 aliphatic rings. The molecular formula is C19H12N2OS. The Morgan fingerprint density at radius 3 is 2.74 bits per heavy atom. The molecule has 0 aliphatic carbocycles. The average Bonchev–Trinajstić information content (AvgIpc) is 2.99. The van der Waals surface area contributed by atoms with E-state index in [0.29, 0.717) is 5.56 Å². The normalized spacial score (nSPS) is 10.9. The monoisotopic (exact) mass is 316 g/mol. The molecule has 1 aromatic heterocycles. The lowest BCUT2D eigenvalue weighted by atomic mass is 10.1. The summed E-state index contributed by atoms with van der Waals surface area (Å²) in [5.74, 6) is 0.263. The maximum absolute atomic E-state index is 10.3. The largest absolute Gasteiger partial charge is 0.507 e. The minimum atomic E-state index is 0.263. The van der Waals surface area contributed by atoms with Crippen molar-refractivity contribution in [1.29, 1.82) is 5.26 Å². The second kappa shape index (κ2) is 5.38. The zero-order valence-electron chi connectivity index (χ0n) is 12.1. The molecule has 4 aromatic rings. The van der Waals surface area contributed by atoms with Gasteiger partial charge in [0.15, 0.2) is 0 Å². The van der Waals surface area contributed by atoms with Gasteiger partial charge >= 0.3 is 0 Å². The van der Waals surface area contributed by atoms with Crippen LogP contribution in [0.1, 0.15) is 5.56 Å². The highest BCUT2D eigenvalue weighted by atomic mass is 32.2. The van der Waals surface area contributed by atoms with Crippen LogP contribution < -0.4 is 0 Å². The Bertz CT molecular complexity index is 1080. The van der Waals surface area contributed by atoms with E-state index in [1.54, 1.807) is 12.1 Å². The number of nitriles is 1. The maximum Gasteiger partial charge on any atom is 0.130 e. The molecule has 3 aromatic carbocycles. The van der Waals surface area contributed by atoms with Gasteiger partial charge in [0.2, 0.25) is 0 Å². The smallest absolute Gasteiger partial charge is 0.130 e. The van der Waals surface area contributed by atoms with Crippen LogP contribution in [0.5, 0.6) is 5.75 Å². The van der Waals surface area contributed by atoms with Crippen LogP contribution in [0.15, 0.2) is 70.6 Å². The Morgan fingerprint density at radius 1 is 1.00 bits per heavy atom. The van der Waals surface area contributed by atoms with Gasteiger partial charge in [0.05, 0.1) is 16.5 Å². The molecular weight excluding hydrogens is 304 g/mol. The van der Waals surface area contributed by atoms with E-state index in [1.807, 2.05) is 48.7 Å². The van der Waals surface area contributed by atoms with Crippen molar-refractivity contribution in [2.75, 3.05) is 0 Å². The van der Waals surface area contributed by atoms with Crippen LogP contribution in [-0.2, 0) is 0 Å². The lowest BCUT2D eigenvalue weighted by Gasteiger charge is -2.08. The Kier molecular flexibility index (Phi) is 3.22. The van der Waals surface area contributed by atoms with Crippen LogP contribution in [0.3, 0.4) is 0 Å². The molecule has 110 valence electrons. The van der Waals surface area contributed by atoms with Gasteiger partial charge in [0.1, 0.15) is 5.75 Å². The van der Waals surface area contributed by atoms with Gasteiger partial charge in [-0.05, 0) is 35.0 Å². The van der Waals surface area contributed by atoms with Gasteiger partial charge in [-0.3, -0.25) is 0 Å². The first kappa shape index (κ1) is 13.7. The van der Waals surface area contributed by atoms with E-state index < -0.39 is 0 Å².